The molecule has 1 aromatic rings. The quantitative estimate of drug-likeness (QED) is 0.747. The van der Waals surface area contributed by atoms with Crippen LogP contribution in [0.25, 0.3) is 0 Å². The number of ether oxygens (including phenoxy) is 1. The van der Waals surface area contributed by atoms with Crippen LogP contribution in [0.3, 0.4) is 0 Å². The number of benzene rings is 1. The molecule has 5 nitrogen and oxygen atoms in total. The summed E-state index contributed by atoms with van der Waals surface area (Å²) in [6.07, 6.45) is -0.624. The number of anilines is 1. The van der Waals surface area contributed by atoms with Crippen LogP contribution in [0.4, 0.5) is 5.69 Å². The molecule has 0 aliphatic rings. The average molecular weight is 220 g/mol. The van der Waals surface area contributed by atoms with Crippen LogP contribution >= 0.6 is 0 Å². The van der Waals surface area contributed by atoms with E-state index in [1.807, 2.05) is 6.07 Å². The van der Waals surface area contributed by atoms with Crippen molar-refractivity contribution in [3.63, 3.8) is 0 Å². The molecule has 0 aliphatic carbocycles. The number of hydrogen-bond donors (Lipinski definition) is 2. The molecule has 1 unspecified atom stereocenters. The summed E-state index contributed by atoms with van der Waals surface area (Å²) in [6, 6.07) is 6.41. The average Bonchev–Trinajstić information content (AvgIpc) is 2.26. The van der Waals surface area contributed by atoms with E-state index in [4.69, 9.17) is 20.8 Å². The standard InChI is InChI=1S/C11H12N2O3/c1-2-9(11(14)15)16-10-4-3-8(13)5-7(10)6-12/h3-5,9H,2,13H2,1H3,(H,14,15). The number of rotatable bonds is 4. The van der Waals surface area contributed by atoms with E-state index in [1.54, 1.807) is 13.0 Å². The second-order valence-corrected chi connectivity index (χ2v) is 3.22. The zero-order chi connectivity index (χ0) is 12.1. The monoisotopic (exact) mass is 220 g/mol. The molecule has 84 valence electrons. The number of hydrogen-bond acceptors (Lipinski definition) is 4. The second-order valence-electron chi connectivity index (χ2n) is 3.22. The van der Waals surface area contributed by atoms with Gasteiger partial charge in [0.15, 0.2) is 6.10 Å². The Hall–Kier alpha value is -2.22. The third-order valence-corrected chi connectivity index (χ3v) is 2.04. The maximum absolute atomic E-state index is 10.8. The summed E-state index contributed by atoms with van der Waals surface area (Å²) >= 11 is 0. The highest BCUT2D eigenvalue weighted by Crippen LogP contribution is 2.22. The first kappa shape index (κ1) is 11.9. The van der Waals surface area contributed by atoms with Crippen LogP contribution in [0.15, 0.2) is 18.2 Å². The smallest absolute Gasteiger partial charge is 0.344 e. The van der Waals surface area contributed by atoms with E-state index < -0.39 is 12.1 Å². The van der Waals surface area contributed by atoms with Crippen molar-refractivity contribution >= 4 is 11.7 Å². The molecule has 0 aromatic heterocycles. The molecule has 0 saturated carbocycles. The zero-order valence-electron chi connectivity index (χ0n) is 8.80. The van der Waals surface area contributed by atoms with E-state index in [9.17, 15) is 4.79 Å². The minimum absolute atomic E-state index is 0.236. The van der Waals surface area contributed by atoms with Gasteiger partial charge in [0.05, 0.1) is 5.56 Å². The summed E-state index contributed by atoms with van der Waals surface area (Å²) in [4.78, 5) is 10.8. The molecular weight excluding hydrogens is 208 g/mol. The molecular formula is C11H12N2O3. The fourth-order valence-electron chi connectivity index (χ4n) is 1.20. The maximum atomic E-state index is 10.8. The Morgan fingerprint density at radius 3 is 2.88 bits per heavy atom. The first-order valence-electron chi connectivity index (χ1n) is 4.77. The van der Waals surface area contributed by atoms with Gasteiger partial charge in [-0.15, -0.1) is 0 Å². The molecule has 1 rings (SSSR count). The van der Waals surface area contributed by atoms with E-state index in [0.717, 1.165) is 0 Å². The predicted octanol–water partition coefficient (Wildman–Crippen LogP) is 1.38. The lowest BCUT2D eigenvalue weighted by Gasteiger charge is -2.14. The molecule has 0 radical (unpaired) electrons. The van der Waals surface area contributed by atoms with Gasteiger partial charge in [0.25, 0.3) is 0 Å². The Morgan fingerprint density at radius 2 is 2.38 bits per heavy atom. The lowest BCUT2D eigenvalue weighted by atomic mass is 10.2. The first-order valence-corrected chi connectivity index (χ1v) is 4.77. The number of carbonyl (C=O) groups is 1. The summed E-state index contributed by atoms with van der Waals surface area (Å²) < 4.78 is 5.22. The fraction of sp³-hybridized carbons (Fsp3) is 0.273. The predicted molar refractivity (Wildman–Crippen MR) is 57.9 cm³/mol. The Balaban J connectivity index is 2.97. The third-order valence-electron chi connectivity index (χ3n) is 2.04. The molecule has 0 amide bonds. The summed E-state index contributed by atoms with van der Waals surface area (Å²) in [5.41, 5.74) is 6.18. The first-order chi connectivity index (χ1) is 7.58. The molecule has 0 fully saturated rings. The Kier molecular flexibility index (Phi) is 3.72. The number of nitrogens with two attached hydrogens (primary N) is 1. The molecule has 3 N–H and O–H groups in total. The third kappa shape index (κ3) is 2.64. The van der Waals surface area contributed by atoms with Crippen molar-refractivity contribution in [2.75, 3.05) is 5.73 Å². The molecule has 0 saturated heterocycles. The van der Waals surface area contributed by atoms with E-state index in [2.05, 4.69) is 0 Å². The van der Waals surface area contributed by atoms with Gasteiger partial charge in [0.2, 0.25) is 0 Å². The number of nitrogens with zero attached hydrogens (tertiary/aromatic N) is 1. The van der Waals surface area contributed by atoms with Crippen molar-refractivity contribution in [2.45, 2.75) is 19.4 Å². The van der Waals surface area contributed by atoms with Crippen molar-refractivity contribution in [1.29, 1.82) is 5.26 Å². The van der Waals surface area contributed by atoms with Crippen molar-refractivity contribution in [3.05, 3.63) is 23.8 Å². The van der Waals surface area contributed by atoms with Crippen LogP contribution < -0.4 is 10.5 Å². The maximum Gasteiger partial charge on any atom is 0.344 e. The molecule has 0 bridgehead atoms. The summed E-state index contributed by atoms with van der Waals surface area (Å²) in [7, 11) is 0. The van der Waals surface area contributed by atoms with Gasteiger partial charge in [-0.2, -0.15) is 5.26 Å². The number of nitrogen functional groups attached to an aromatic ring is 1. The van der Waals surface area contributed by atoms with Crippen molar-refractivity contribution in [2.24, 2.45) is 0 Å². The van der Waals surface area contributed by atoms with Gasteiger partial charge < -0.3 is 15.6 Å². The Bertz CT molecular complexity index is 437. The summed E-state index contributed by atoms with van der Waals surface area (Å²) in [5, 5.41) is 17.7. The van der Waals surface area contributed by atoms with E-state index in [1.165, 1.54) is 12.1 Å². The van der Waals surface area contributed by atoms with E-state index in [0.29, 0.717) is 12.1 Å². The largest absolute Gasteiger partial charge is 0.479 e. The van der Waals surface area contributed by atoms with Gasteiger partial charge in [-0.05, 0) is 24.6 Å². The van der Waals surface area contributed by atoms with Gasteiger partial charge in [0.1, 0.15) is 11.8 Å². The van der Waals surface area contributed by atoms with Crippen LogP contribution in [0.5, 0.6) is 5.75 Å². The van der Waals surface area contributed by atoms with Gasteiger partial charge in [0, 0.05) is 5.69 Å². The molecule has 1 atom stereocenters. The van der Waals surface area contributed by atoms with Crippen LogP contribution in [0.2, 0.25) is 0 Å². The Labute approximate surface area is 93.1 Å². The molecule has 1 aromatic carbocycles. The molecule has 0 heterocycles. The normalized spacial score (nSPS) is 11.5. The lowest BCUT2D eigenvalue weighted by Crippen LogP contribution is -2.26. The molecule has 0 spiro atoms. The van der Waals surface area contributed by atoms with Gasteiger partial charge in [-0.1, -0.05) is 6.92 Å². The van der Waals surface area contributed by atoms with Crippen molar-refractivity contribution in [3.8, 4) is 11.8 Å². The van der Waals surface area contributed by atoms with E-state index >= 15 is 0 Å². The number of carboxylic acids is 1. The lowest BCUT2D eigenvalue weighted by molar-refractivity contribution is -0.145. The minimum Gasteiger partial charge on any atom is -0.479 e. The molecule has 5 heteroatoms. The highest BCUT2D eigenvalue weighted by molar-refractivity contribution is 5.72. The summed E-state index contributed by atoms with van der Waals surface area (Å²) in [5.74, 6) is -0.811. The number of nitriles is 1. The minimum atomic E-state index is -1.05. The SMILES string of the molecule is CCC(Oc1ccc(N)cc1C#N)C(=O)O. The molecule has 0 aliphatic heterocycles. The van der Waals surface area contributed by atoms with Crippen molar-refractivity contribution in [1.82, 2.24) is 0 Å². The van der Waals surface area contributed by atoms with Crippen molar-refractivity contribution < 1.29 is 14.6 Å². The van der Waals surface area contributed by atoms with Gasteiger partial charge in [-0.25, -0.2) is 4.79 Å². The van der Waals surface area contributed by atoms with Crippen LogP contribution in [-0.4, -0.2) is 17.2 Å². The fourth-order valence-corrected chi connectivity index (χ4v) is 1.20. The van der Waals surface area contributed by atoms with Crippen LogP contribution in [-0.2, 0) is 4.79 Å². The van der Waals surface area contributed by atoms with Gasteiger partial charge >= 0.3 is 5.97 Å². The van der Waals surface area contributed by atoms with E-state index in [-0.39, 0.29) is 11.3 Å². The highest BCUT2D eigenvalue weighted by Gasteiger charge is 2.18. The topological polar surface area (TPSA) is 96.3 Å². The van der Waals surface area contributed by atoms with Crippen LogP contribution in [0.1, 0.15) is 18.9 Å². The number of aliphatic carboxylic acids is 1. The highest BCUT2D eigenvalue weighted by atomic mass is 16.5. The van der Waals surface area contributed by atoms with Crippen LogP contribution in [0, 0.1) is 11.3 Å². The van der Waals surface area contributed by atoms with Gasteiger partial charge in [-0.3, -0.25) is 0 Å². The molecule has 16 heavy (non-hydrogen) atoms. The second kappa shape index (κ2) is 5.03. The zero-order valence-corrected chi connectivity index (χ0v) is 8.80. The number of carboxylic acid groups (broad SMARTS) is 1. The summed E-state index contributed by atoms with van der Waals surface area (Å²) in [6.45, 7) is 1.70. The Morgan fingerprint density at radius 1 is 1.69 bits per heavy atom.